The third-order valence-corrected chi connectivity index (χ3v) is 4.87. The monoisotopic (exact) mass is 346 g/mol. The molecule has 1 saturated carbocycles. The van der Waals surface area contributed by atoms with Crippen LogP contribution < -0.4 is 10.6 Å². The third kappa shape index (κ3) is 3.13. The number of anilines is 1. The summed E-state index contributed by atoms with van der Waals surface area (Å²) in [6.07, 6.45) is 3.41. The molecule has 134 valence electrons. The highest BCUT2D eigenvalue weighted by Gasteiger charge is 2.40. The van der Waals surface area contributed by atoms with Gasteiger partial charge in [0.2, 0.25) is 0 Å². The quantitative estimate of drug-likeness (QED) is 0.882. The molecule has 0 radical (unpaired) electrons. The van der Waals surface area contributed by atoms with E-state index in [0.29, 0.717) is 49.1 Å². The van der Waals surface area contributed by atoms with E-state index in [2.05, 4.69) is 20.9 Å². The van der Waals surface area contributed by atoms with Crippen LogP contribution >= 0.6 is 0 Å². The number of nitrogens with zero attached hydrogens (tertiary/aromatic N) is 2. The van der Waals surface area contributed by atoms with Crippen LogP contribution in [0.25, 0.3) is 0 Å². The van der Waals surface area contributed by atoms with E-state index in [1.54, 1.807) is 0 Å². The fraction of sp³-hybridized carbons (Fsp3) is 0.588. The number of carbonyl (C=O) groups excluding carboxylic acids is 1. The first-order chi connectivity index (χ1) is 12.1. The Labute approximate surface area is 145 Å². The number of nitrogens with one attached hydrogen (secondary N) is 2. The van der Waals surface area contributed by atoms with Crippen LogP contribution in [0, 0.1) is 13.8 Å². The normalized spacial score (nSPS) is 19.6. The van der Waals surface area contributed by atoms with Gasteiger partial charge in [0.1, 0.15) is 16.9 Å². The van der Waals surface area contributed by atoms with Gasteiger partial charge in [0.05, 0.1) is 5.69 Å². The zero-order chi connectivity index (χ0) is 17.4. The van der Waals surface area contributed by atoms with Crippen LogP contribution in [-0.4, -0.2) is 29.6 Å². The van der Waals surface area contributed by atoms with E-state index < -0.39 is 5.54 Å². The first-order valence-corrected chi connectivity index (χ1v) is 8.64. The van der Waals surface area contributed by atoms with Gasteiger partial charge in [-0.3, -0.25) is 0 Å². The molecular weight excluding hydrogens is 324 g/mol. The molecule has 0 aromatic carbocycles. The minimum absolute atomic E-state index is 0.302. The number of aromatic nitrogens is 2. The predicted octanol–water partition coefficient (Wildman–Crippen LogP) is 2.98. The van der Waals surface area contributed by atoms with Crippen molar-refractivity contribution < 1.29 is 18.6 Å². The molecule has 2 aliphatic rings. The van der Waals surface area contributed by atoms with Gasteiger partial charge in [-0.25, -0.2) is 4.79 Å². The molecule has 2 fully saturated rings. The Morgan fingerprint density at radius 3 is 2.60 bits per heavy atom. The van der Waals surface area contributed by atoms with Crippen molar-refractivity contribution in [1.29, 1.82) is 0 Å². The Bertz CT molecular complexity index is 771. The summed E-state index contributed by atoms with van der Waals surface area (Å²) in [5.41, 5.74) is 1.53. The molecular formula is C17H22N4O4. The van der Waals surface area contributed by atoms with E-state index >= 15 is 0 Å². The highest BCUT2D eigenvalue weighted by Crippen LogP contribution is 2.44. The van der Waals surface area contributed by atoms with Crippen LogP contribution in [0.2, 0.25) is 0 Å². The second kappa shape index (κ2) is 6.18. The summed E-state index contributed by atoms with van der Waals surface area (Å²) in [7, 11) is 0. The lowest BCUT2D eigenvalue weighted by atomic mass is 9.87. The summed E-state index contributed by atoms with van der Waals surface area (Å²) >= 11 is 0. The maximum Gasteiger partial charge on any atom is 0.320 e. The fourth-order valence-electron chi connectivity index (χ4n) is 3.27. The molecule has 2 aromatic rings. The van der Waals surface area contributed by atoms with Crippen LogP contribution in [-0.2, 0) is 10.3 Å². The van der Waals surface area contributed by atoms with Crippen LogP contribution in [0.5, 0.6) is 0 Å². The van der Waals surface area contributed by atoms with Crippen molar-refractivity contribution in [3.63, 3.8) is 0 Å². The second-order valence-corrected chi connectivity index (χ2v) is 6.89. The van der Waals surface area contributed by atoms with Gasteiger partial charge in [0, 0.05) is 38.0 Å². The van der Waals surface area contributed by atoms with E-state index in [9.17, 15) is 4.79 Å². The van der Waals surface area contributed by atoms with Gasteiger partial charge in [-0.1, -0.05) is 10.3 Å². The lowest BCUT2D eigenvalue weighted by Gasteiger charge is -2.35. The molecule has 1 aliphatic carbocycles. The third-order valence-electron chi connectivity index (χ3n) is 4.87. The van der Waals surface area contributed by atoms with E-state index in [1.165, 1.54) is 0 Å². The van der Waals surface area contributed by atoms with Crippen molar-refractivity contribution in [3.8, 4) is 0 Å². The topological polar surface area (TPSA) is 102 Å². The minimum Gasteiger partial charge on any atom is -0.381 e. The molecule has 1 saturated heterocycles. The number of carbonyl (C=O) groups is 1. The van der Waals surface area contributed by atoms with Crippen LogP contribution in [0.3, 0.4) is 0 Å². The number of hydrogen-bond donors (Lipinski definition) is 2. The molecule has 0 atom stereocenters. The lowest BCUT2D eigenvalue weighted by molar-refractivity contribution is 0.0307. The Morgan fingerprint density at radius 1 is 1.20 bits per heavy atom. The van der Waals surface area contributed by atoms with Crippen molar-refractivity contribution >= 4 is 11.7 Å². The average molecular weight is 346 g/mol. The summed E-state index contributed by atoms with van der Waals surface area (Å²) in [5, 5.41) is 14.0. The summed E-state index contributed by atoms with van der Waals surface area (Å²) in [6.45, 7) is 4.80. The van der Waals surface area contributed by atoms with Crippen molar-refractivity contribution in [1.82, 2.24) is 15.6 Å². The zero-order valence-electron chi connectivity index (χ0n) is 14.4. The molecule has 1 aliphatic heterocycles. The molecule has 8 heteroatoms. The highest BCUT2D eigenvalue weighted by molar-refractivity contribution is 5.91. The van der Waals surface area contributed by atoms with E-state index in [4.69, 9.17) is 13.8 Å². The highest BCUT2D eigenvalue weighted by atomic mass is 16.5. The molecule has 4 rings (SSSR count). The molecule has 0 spiro atoms. The van der Waals surface area contributed by atoms with Crippen molar-refractivity contribution in [2.75, 3.05) is 18.5 Å². The number of urea groups is 1. The smallest absolute Gasteiger partial charge is 0.320 e. The van der Waals surface area contributed by atoms with Gasteiger partial charge in [0.25, 0.3) is 0 Å². The molecule has 25 heavy (non-hydrogen) atoms. The van der Waals surface area contributed by atoms with Gasteiger partial charge < -0.3 is 24.4 Å². The van der Waals surface area contributed by atoms with E-state index in [0.717, 1.165) is 24.3 Å². The molecule has 3 heterocycles. The average Bonchev–Trinajstić information content (AvgIpc) is 3.24. The maximum absolute atomic E-state index is 12.7. The molecule has 2 amide bonds. The van der Waals surface area contributed by atoms with E-state index in [-0.39, 0.29) is 6.03 Å². The minimum atomic E-state index is -0.617. The predicted molar refractivity (Wildman–Crippen MR) is 88.3 cm³/mol. The van der Waals surface area contributed by atoms with Gasteiger partial charge in [-0.15, -0.1) is 0 Å². The van der Waals surface area contributed by atoms with Crippen LogP contribution in [0.4, 0.5) is 10.5 Å². The molecule has 0 unspecified atom stereocenters. The van der Waals surface area contributed by atoms with Crippen LogP contribution in [0.1, 0.15) is 54.5 Å². The summed E-state index contributed by atoms with van der Waals surface area (Å²) < 4.78 is 16.3. The van der Waals surface area contributed by atoms with Crippen molar-refractivity contribution in [3.05, 3.63) is 29.0 Å². The SMILES string of the molecule is Cc1cc(C2(NC(=O)Nc3c(C)noc3C3CC3)CCOCC2)on1. The first-order valence-electron chi connectivity index (χ1n) is 8.64. The Hall–Kier alpha value is -2.35. The van der Waals surface area contributed by atoms with Gasteiger partial charge in [0.15, 0.2) is 11.5 Å². The van der Waals surface area contributed by atoms with Crippen LogP contribution in [0.15, 0.2) is 15.1 Å². The Balaban J connectivity index is 1.54. The number of ether oxygens (including phenoxy) is 1. The first kappa shape index (κ1) is 16.1. The number of hydrogen-bond acceptors (Lipinski definition) is 6. The van der Waals surface area contributed by atoms with Gasteiger partial charge >= 0.3 is 6.03 Å². The van der Waals surface area contributed by atoms with Gasteiger partial charge in [-0.2, -0.15) is 0 Å². The van der Waals surface area contributed by atoms with Crippen molar-refractivity contribution in [2.45, 2.75) is 51.0 Å². The molecule has 2 N–H and O–H groups in total. The van der Waals surface area contributed by atoms with E-state index in [1.807, 2.05) is 19.9 Å². The standard InChI is InChI=1S/C17H22N4O4/c1-10-9-13(24-20-10)17(5-7-23-8-6-17)19-16(22)18-14-11(2)21-25-15(14)12-3-4-12/h9,12H,3-8H2,1-2H3,(H2,18,19,22). The second-order valence-electron chi connectivity index (χ2n) is 6.89. The Kier molecular flexibility index (Phi) is 3.99. The number of amides is 2. The zero-order valence-corrected chi connectivity index (χ0v) is 14.4. The molecule has 2 aromatic heterocycles. The largest absolute Gasteiger partial charge is 0.381 e. The lowest BCUT2D eigenvalue weighted by Crippen LogP contribution is -2.50. The van der Waals surface area contributed by atoms with Crippen molar-refractivity contribution in [2.24, 2.45) is 0 Å². The Morgan fingerprint density at radius 2 is 1.96 bits per heavy atom. The fourth-order valence-corrected chi connectivity index (χ4v) is 3.27. The summed E-state index contributed by atoms with van der Waals surface area (Å²) in [4.78, 5) is 12.7. The number of aryl methyl sites for hydroxylation is 2. The molecule has 0 bridgehead atoms. The summed E-state index contributed by atoms with van der Waals surface area (Å²) in [6, 6.07) is 1.57. The maximum atomic E-state index is 12.7. The molecule has 8 nitrogen and oxygen atoms in total. The summed E-state index contributed by atoms with van der Waals surface area (Å²) in [5.74, 6) is 1.79. The number of rotatable bonds is 4. The van der Waals surface area contributed by atoms with Gasteiger partial charge in [-0.05, 0) is 26.7 Å².